The second-order valence-corrected chi connectivity index (χ2v) is 6.80. The zero-order chi connectivity index (χ0) is 19.9. The fourth-order valence-electron chi connectivity index (χ4n) is 2.71. The number of benzene rings is 2. The molecule has 2 aromatic rings. The van der Waals surface area contributed by atoms with E-state index in [1.807, 2.05) is 43.3 Å². The first-order valence-electron chi connectivity index (χ1n) is 8.87. The molecule has 2 aromatic carbocycles. The molecule has 146 valence electrons. The Kier molecular flexibility index (Phi) is 6.60. The average molecular weight is 399 g/mol. The summed E-state index contributed by atoms with van der Waals surface area (Å²) in [5.41, 5.74) is 0.764. The third-order valence-electron chi connectivity index (χ3n) is 4.02. The van der Waals surface area contributed by atoms with Crippen molar-refractivity contribution in [2.45, 2.75) is 6.92 Å². The van der Waals surface area contributed by atoms with E-state index < -0.39 is 0 Å². The summed E-state index contributed by atoms with van der Waals surface area (Å²) in [6.07, 6.45) is 1.69. The number of carbonyl (C=O) groups is 2. The largest absolute Gasteiger partial charge is 0.493 e. The van der Waals surface area contributed by atoms with Crippen molar-refractivity contribution < 1.29 is 23.8 Å². The summed E-state index contributed by atoms with van der Waals surface area (Å²) in [5, 5.41) is -0.311. The molecule has 0 saturated carbocycles. The van der Waals surface area contributed by atoms with Gasteiger partial charge in [0.1, 0.15) is 12.4 Å². The molecule has 28 heavy (non-hydrogen) atoms. The lowest BCUT2D eigenvalue weighted by Crippen LogP contribution is -2.32. The quantitative estimate of drug-likeness (QED) is 0.620. The van der Waals surface area contributed by atoms with Gasteiger partial charge in [-0.1, -0.05) is 30.3 Å². The molecule has 0 aromatic heterocycles. The molecule has 6 nitrogen and oxygen atoms in total. The lowest BCUT2D eigenvalue weighted by atomic mass is 10.2. The molecular formula is C21H21NO5S. The van der Waals surface area contributed by atoms with E-state index in [4.69, 9.17) is 14.2 Å². The molecule has 1 aliphatic heterocycles. The summed E-state index contributed by atoms with van der Waals surface area (Å²) in [6.45, 7) is 2.76. The highest BCUT2D eigenvalue weighted by Gasteiger charge is 2.35. The van der Waals surface area contributed by atoms with Crippen molar-refractivity contribution in [2.75, 3.05) is 26.9 Å². The van der Waals surface area contributed by atoms with Gasteiger partial charge in [-0.05, 0) is 43.0 Å². The van der Waals surface area contributed by atoms with Gasteiger partial charge in [0.05, 0.1) is 25.2 Å². The number of ether oxygens (including phenoxy) is 3. The minimum atomic E-state index is -0.329. The van der Waals surface area contributed by atoms with Gasteiger partial charge in [-0.2, -0.15) is 0 Å². The summed E-state index contributed by atoms with van der Waals surface area (Å²) in [6, 6.07) is 14.6. The lowest BCUT2D eigenvalue weighted by Gasteiger charge is -2.14. The van der Waals surface area contributed by atoms with Gasteiger partial charge in [-0.25, -0.2) is 0 Å². The highest BCUT2D eigenvalue weighted by Crippen LogP contribution is 2.34. The molecule has 0 radical (unpaired) electrons. The van der Waals surface area contributed by atoms with Crippen LogP contribution in [-0.4, -0.2) is 42.9 Å². The van der Waals surface area contributed by atoms with Crippen molar-refractivity contribution in [3.8, 4) is 17.2 Å². The van der Waals surface area contributed by atoms with Gasteiger partial charge in [0.15, 0.2) is 11.5 Å². The molecule has 1 saturated heterocycles. The van der Waals surface area contributed by atoms with Crippen LogP contribution in [0.1, 0.15) is 12.5 Å². The maximum Gasteiger partial charge on any atom is 0.293 e. The summed E-state index contributed by atoms with van der Waals surface area (Å²) in [5.74, 6) is 1.52. The Morgan fingerprint density at radius 3 is 2.36 bits per heavy atom. The van der Waals surface area contributed by atoms with Crippen LogP contribution in [0, 0.1) is 0 Å². The second-order valence-electron chi connectivity index (χ2n) is 5.80. The molecule has 1 aliphatic rings. The smallest absolute Gasteiger partial charge is 0.293 e. The fourth-order valence-corrected chi connectivity index (χ4v) is 3.56. The highest BCUT2D eigenvalue weighted by molar-refractivity contribution is 8.18. The van der Waals surface area contributed by atoms with E-state index >= 15 is 0 Å². The van der Waals surface area contributed by atoms with E-state index in [9.17, 15) is 9.59 Å². The predicted octanol–water partition coefficient (Wildman–Crippen LogP) is 4.21. The number of carbonyl (C=O) groups excluding carboxylic acids is 2. The Morgan fingerprint density at radius 1 is 0.964 bits per heavy atom. The molecule has 1 fully saturated rings. The van der Waals surface area contributed by atoms with Gasteiger partial charge in [0.2, 0.25) is 0 Å². The third kappa shape index (κ3) is 4.48. The first-order valence-corrected chi connectivity index (χ1v) is 9.68. The maximum absolute atomic E-state index is 12.6. The summed E-state index contributed by atoms with van der Waals surface area (Å²) >= 11 is 0.920. The van der Waals surface area contributed by atoms with Crippen molar-refractivity contribution in [3.05, 3.63) is 59.0 Å². The Morgan fingerprint density at radius 2 is 1.64 bits per heavy atom. The van der Waals surface area contributed by atoms with Crippen LogP contribution in [0.25, 0.3) is 6.08 Å². The van der Waals surface area contributed by atoms with E-state index in [0.717, 1.165) is 17.3 Å². The van der Waals surface area contributed by atoms with Gasteiger partial charge >= 0.3 is 0 Å². The molecule has 0 aliphatic carbocycles. The monoisotopic (exact) mass is 399 g/mol. The van der Waals surface area contributed by atoms with Crippen LogP contribution in [0.2, 0.25) is 0 Å². The van der Waals surface area contributed by atoms with Crippen LogP contribution in [0.5, 0.6) is 17.2 Å². The Bertz CT molecular complexity index is 896. The van der Waals surface area contributed by atoms with Crippen LogP contribution in [-0.2, 0) is 4.79 Å². The molecule has 0 N–H and O–H groups in total. The Hall–Kier alpha value is -2.93. The number of thioether (sulfide) groups is 1. The number of hydrogen-bond acceptors (Lipinski definition) is 6. The SMILES string of the molecule is CCOc1ccccc1/C=C1\SC(=O)N(CCOc2ccccc2OC)C1=O. The Balaban J connectivity index is 1.67. The van der Waals surface area contributed by atoms with Crippen molar-refractivity contribution in [3.63, 3.8) is 0 Å². The average Bonchev–Trinajstić information content (AvgIpc) is 2.97. The molecule has 7 heteroatoms. The topological polar surface area (TPSA) is 65.1 Å². The lowest BCUT2D eigenvalue weighted by molar-refractivity contribution is -0.123. The summed E-state index contributed by atoms with van der Waals surface area (Å²) in [4.78, 5) is 26.5. The number of imide groups is 1. The minimum absolute atomic E-state index is 0.160. The zero-order valence-electron chi connectivity index (χ0n) is 15.7. The molecule has 0 unspecified atom stereocenters. The number of hydrogen-bond donors (Lipinski definition) is 0. The molecule has 0 spiro atoms. The van der Waals surface area contributed by atoms with Crippen LogP contribution in [0.4, 0.5) is 4.79 Å². The van der Waals surface area contributed by atoms with Crippen LogP contribution < -0.4 is 14.2 Å². The Labute approximate surface area is 168 Å². The third-order valence-corrected chi connectivity index (χ3v) is 4.93. The highest BCUT2D eigenvalue weighted by atomic mass is 32.2. The number of amides is 2. The van der Waals surface area contributed by atoms with Gasteiger partial charge in [0, 0.05) is 5.56 Å². The van der Waals surface area contributed by atoms with Crippen molar-refractivity contribution in [1.29, 1.82) is 0 Å². The first kappa shape index (κ1) is 19.8. The zero-order valence-corrected chi connectivity index (χ0v) is 16.5. The molecule has 0 bridgehead atoms. The number of nitrogens with zero attached hydrogens (tertiary/aromatic N) is 1. The van der Waals surface area contributed by atoms with Gasteiger partial charge < -0.3 is 14.2 Å². The fraction of sp³-hybridized carbons (Fsp3) is 0.238. The predicted molar refractivity (Wildman–Crippen MR) is 109 cm³/mol. The minimum Gasteiger partial charge on any atom is -0.493 e. The first-order chi connectivity index (χ1) is 13.6. The van der Waals surface area contributed by atoms with Crippen LogP contribution >= 0.6 is 11.8 Å². The number of methoxy groups -OCH3 is 1. The summed E-state index contributed by atoms with van der Waals surface area (Å²) in [7, 11) is 1.56. The van der Waals surface area contributed by atoms with Gasteiger partial charge in [-0.15, -0.1) is 0 Å². The molecule has 1 heterocycles. The summed E-state index contributed by atoms with van der Waals surface area (Å²) < 4.78 is 16.5. The van der Waals surface area contributed by atoms with Crippen LogP contribution in [0.3, 0.4) is 0 Å². The van der Waals surface area contributed by atoms with E-state index in [1.54, 1.807) is 25.3 Å². The van der Waals surface area contributed by atoms with Crippen molar-refractivity contribution >= 4 is 29.0 Å². The van der Waals surface area contributed by atoms with Crippen molar-refractivity contribution in [1.82, 2.24) is 4.90 Å². The van der Waals surface area contributed by atoms with E-state index in [-0.39, 0.29) is 24.3 Å². The molecule has 2 amide bonds. The van der Waals surface area contributed by atoms with Gasteiger partial charge in [-0.3, -0.25) is 14.5 Å². The van der Waals surface area contributed by atoms with E-state index in [1.165, 1.54) is 4.90 Å². The van der Waals surface area contributed by atoms with E-state index in [0.29, 0.717) is 28.8 Å². The molecule has 3 rings (SSSR count). The standard InChI is InChI=1S/C21H21NO5S/c1-3-26-16-9-5-4-8-15(16)14-19-20(23)22(21(24)28-19)12-13-27-18-11-7-6-10-17(18)25-2/h4-11,14H,3,12-13H2,1-2H3/b19-14-. The van der Waals surface area contributed by atoms with Crippen molar-refractivity contribution in [2.24, 2.45) is 0 Å². The molecular weight excluding hydrogens is 378 g/mol. The molecule has 0 atom stereocenters. The number of para-hydroxylation sites is 3. The second kappa shape index (κ2) is 9.32. The van der Waals surface area contributed by atoms with Crippen LogP contribution in [0.15, 0.2) is 53.4 Å². The number of rotatable bonds is 8. The van der Waals surface area contributed by atoms with E-state index in [2.05, 4.69) is 0 Å². The van der Waals surface area contributed by atoms with Gasteiger partial charge in [0.25, 0.3) is 11.1 Å². The normalized spacial score (nSPS) is 15.2. The maximum atomic E-state index is 12.6.